The van der Waals surface area contributed by atoms with Crippen LogP contribution in [0, 0.1) is 0 Å². The molecular formula is C16H18F6N6O4. The Balaban J connectivity index is 0.000000451. The molecule has 2 aromatic rings. The minimum absolute atomic E-state index is 0.0765. The van der Waals surface area contributed by atoms with E-state index >= 15 is 0 Å². The summed E-state index contributed by atoms with van der Waals surface area (Å²) in [5.41, 5.74) is 0.601. The lowest BCUT2D eigenvalue weighted by Crippen LogP contribution is -2.35. The molecule has 1 aliphatic rings. The zero-order chi connectivity index (χ0) is 24.1. The summed E-state index contributed by atoms with van der Waals surface area (Å²) in [4.78, 5) is 33.3. The summed E-state index contributed by atoms with van der Waals surface area (Å²) in [5.74, 6) is -3.62. The molecule has 1 saturated heterocycles. The maximum atomic E-state index is 12.3. The minimum atomic E-state index is -5.08. The van der Waals surface area contributed by atoms with Gasteiger partial charge in [-0.05, 0) is 19.9 Å². The Labute approximate surface area is 176 Å². The summed E-state index contributed by atoms with van der Waals surface area (Å²) in [7, 11) is 0. The molecule has 1 amide bonds. The number of carbonyl (C=O) groups is 2. The Bertz CT molecular complexity index is 955. The molecule has 1 fully saturated rings. The molecule has 0 spiro atoms. The van der Waals surface area contributed by atoms with Crippen molar-refractivity contribution in [1.29, 1.82) is 0 Å². The van der Waals surface area contributed by atoms with Crippen molar-refractivity contribution in [2.75, 3.05) is 19.6 Å². The first kappa shape index (κ1) is 25.1. The third-order valence-electron chi connectivity index (χ3n) is 4.00. The number of fused-ring (bicyclic) bond motifs is 1. The normalized spacial score (nSPS) is 16.4. The molecule has 0 unspecified atom stereocenters. The van der Waals surface area contributed by atoms with Crippen LogP contribution in [0.1, 0.15) is 24.0 Å². The Morgan fingerprint density at radius 1 is 1.28 bits per heavy atom. The van der Waals surface area contributed by atoms with Crippen molar-refractivity contribution in [2.45, 2.75) is 38.3 Å². The van der Waals surface area contributed by atoms with Crippen molar-refractivity contribution in [2.24, 2.45) is 0 Å². The van der Waals surface area contributed by atoms with E-state index in [1.807, 2.05) is 5.32 Å². The van der Waals surface area contributed by atoms with Gasteiger partial charge in [-0.1, -0.05) is 0 Å². The SMILES string of the molecule is CCn1c(C(=O)NCC(F)(F)F)nc2c(O[C@H]3CCNC3)ncnc21.O=C(O)C(F)(F)F. The van der Waals surface area contributed by atoms with E-state index < -0.39 is 30.8 Å². The predicted molar refractivity (Wildman–Crippen MR) is 95.0 cm³/mol. The first-order valence-electron chi connectivity index (χ1n) is 9.07. The van der Waals surface area contributed by atoms with E-state index in [1.165, 1.54) is 10.9 Å². The number of aromatic nitrogens is 4. The molecule has 3 N–H and O–H groups in total. The van der Waals surface area contributed by atoms with E-state index in [0.717, 1.165) is 13.0 Å². The highest BCUT2D eigenvalue weighted by atomic mass is 19.4. The number of carboxylic acids is 1. The number of rotatable bonds is 5. The number of amides is 1. The van der Waals surface area contributed by atoms with Gasteiger partial charge in [-0.15, -0.1) is 0 Å². The Kier molecular flexibility index (Phi) is 7.82. The van der Waals surface area contributed by atoms with Crippen LogP contribution in [0.25, 0.3) is 11.2 Å². The average molecular weight is 472 g/mol. The molecule has 1 aliphatic heterocycles. The smallest absolute Gasteiger partial charge is 0.475 e. The first-order chi connectivity index (χ1) is 14.8. The quantitative estimate of drug-likeness (QED) is 0.559. The van der Waals surface area contributed by atoms with Crippen LogP contribution in [0.15, 0.2) is 6.33 Å². The van der Waals surface area contributed by atoms with Crippen molar-refractivity contribution in [3.05, 3.63) is 12.2 Å². The number of nitrogens with zero attached hydrogens (tertiary/aromatic N) is 4. The predicted octanol–water partition coefficient (Wildman–Crippen LogP) is 1.51. The van der Waals surface area contributed by atoms with Crippen molar-refractivity contribution < 1.29 is 45.8 Å². The van der Waals surface area contributed by atoms with E-state index in [0.29, 0.717) is 18.7 Å². The molecule has 2 aromatic heterocycles. The van der Waals surface area contributed by atoms with Crippen molar-refractivity contribution in [3.63, 3.8) is 0 Å². The molecule has 3 heterocycles. The van der Waals surface area contributed by atoms with E-state index in [9.17, 15) is 31.1 Å². The van der Waals surface area contributed by atoms with Crippen molar-refractivity contribution in [3.8, 4) is 5.88 Å². The highest BCUT2D eigenvalue weighted by Gasteiger charge is 2.38. The maximum Gasteiger partial charge on any atom is 0.490 e. The zero-order valence-corrected chi connectivity index (χ0v) is 16.4. The molecule has 0 aliphatic carbocycles. The van der Waals surface area contributed by atoms with E-state index in [-0.39, 0.29) is 23.3 Å². The van der Waals surface area contributed by atoms with Crippen LogP contribution < -0.4 is 15.4 Å². The monoisotopic (exact) mass is 472 g/mol. The van der Waals surface area contributed by atoms with E-state index in [4.69, 9.17) is 14.6 Å². The van der Waals surface area contributed by atoms with Crippen molar-refractivity contribution >= 4 is 23.0 Å². The molecular weight excluding hydrogens is 454 g/mol. The lowest BCUT2D eigenvalue weighted by atomic mass is 10.3. The summed E-state index contributed by atoms with van der Waals surface area (Å²) in [6.07, 6.45) is -7.57. The fourth-order valence-corrected chi connectivity index (χ4v) is 2.62. The number of halogens is 6. The lowest BCUT2D eigenvalue weighted by Gasteiger charge is -2.11. The van der Waals surface area contributed by atoms with Crippen LogP contribution in [0.2, 0.25) is 0 Å². The fraction of sp³-hybridized carbons (Fsp3) is 0.562. The summed E-state index contributed by atoms with van der Waals surface area (Å²) in [5, 5.41) is 12.1. The van der Waals surface area contributed by atoms with Gasteiger partial charge in [-0.2, -0.15) is 31.3 Å². The van der Waals surface area contributed by atoms with Crippen LogP contribution in [0.4, 0.5) is 26.3 Å². The second kappa shape index (κ2) is 9.97. The van der Waals surface area contributed by atoms with E-state index in [1.54, 1.807) is 6.92 Å². The maximum absolute atomic E-state index is 12.3. The van der Waals surface area contributed by atoms with Crippen LogP contribution in [0.5, 0.6) is 5.88 Å². The van der Waals surface area contributed by atoms with Gasteiger partial charge in [0.1, 0.15) is 19.0 Å². The molecule has 3 rings (SSSR count). The molecule has 0 radical (unpaired) electrons. The van der Waals surface area contributed by atoms with Crippen LogP contribution in [-0.4, -0.2) is 74.6 Å². The number of imidazole rings is 1. The second-order valence-electron chi connectivity index (χ2n) is 6.36. The minimum Gasteiger partial charge on any atom is -0.475 e. The molecule has 0 saturated carbocycles. The fourth-order valence-electron chi connectivity index (χ4n) is 2.62. The molecule has 16 heteroatoms. The molecule has 0 bridgehead atoms. The number of carboxylic acid groups (broad SMARTS) is 1. The van der Waals surface area contributed by atoms with Gasteiger partial charge in [-0.25, -0.2) is 14.8 Å². The van der Waals surface area contributed by atoms with Crippen molar-refractivity contribution in [1.82, 2.24) is 30.2 Å². The van der Waals surface area contributed by atoms with Gasteiger partial charge in [-0.3, -0.25) is 4.79 Å². The highest BCUT2D eigenvalue weighted by molar-refractivity contribution is 5.95. The summed E-state index contributed by atoms with van der Waals surface area (Å²) in [6, 6.07) is 0. The number of hydrogen-bond donors (Lipinski definition) is 3. The third kappa shape index (κ3) is 6.66. The zero-order valence-electron chi connectivity index (χ0n) is 16.4. The number of alkyl halides is 6. The van der Waals surface area contributed by atoms with Crippen LogP contribution in [-0.2, 0) is 11.3 Å². The second-order valence-corrected chi connectivity index (χ2v) is 6.36. The number of ether oxygens (including phenoxy) is 1. The Hall–Kier alpha value is -3.17. The summed E-state index contributed by atoms with van der Waals surface area (Å²) in [6.45, 7) is 2.12. The van der Waals surface area contributed by atoms with Gasteiger partial charge in [0, 0.05) is 13.1 Å². The number of hydrogen-bond acceptors (Lipinski definition) is 7. The van der Waals surface area contributed by atoms with Gasteiger partial charge in [0.25, 0.3) is 5.91 Å². The molecule has 0 aromatic carbocycles. The van der Waals surface area contributed by atoms with Crippen LogP contribution in [0.3, 0.4) is 0 Å². The molecule has 178 valence electrons. The number of nitrogens with one attached hydrogen (secondary N) is 2. The molecule has 1 atom stereocenters. The van der Waals surface area contributed by atoms with Crippen LogP contribution >= 0.6 is 0 Å². The van der Waals surface area contributed by atoms with Gasteiger partial charge < -0.3 is 25.0 Å². The highest BCUT2D eigenvalue weighted by Crippen LogP contribution is 2.24. The van der Waals surface area contributed by atoms with Gasteiger partial charge in [0.05, 0.1) is 0 Å². The Morgan fingerprint density at radius 3 is 2.44 bits per heavy atom. The van der Waals surface area contributed by atoms with Gasteiger partial charge >= 0.3 is 18.3 Å². The number of aliphatic carboxylic acids is 1. The number of carbonyl (C=O) groups excluding carboxylic acids is 1. The molecule has 10 nitrogen and oxygen atoms in total. The summed E-state index contributed by atoms with van der Waals surface area (Å²) >= 11 is 0. The van der Waals surface area contributed by atoms with E-state index in [2.05, 4.69) is 20.3 Å². The summed E-state index contributed by atoms with van der Waals surface area (Å²) < 4.78 is 75.9. The average Bonchev–Trinajstić information content (AvgIpc) is 3.33. The third-order valence-corrected chi connectivity index (χ3v) is 4.00. The standard InChI is InChI=1S/C14H17F3N6O2.C2HF3O2/c1-2-23-10-9(22-11(23)12(24)19-6-14(15,16)17)13(21-7-20-10)25-8-3-4-18-5-8;3-2(4,5)1(6)7/h7-8,18H,2-6H2,1H3,(H,19,24);(H,6,7)/t8-;/m0./s1. The van der Waals surface area contributed by atoms with Gasteiger partial charge in [0.15, 0.2) is 11.2 Å². The largest absolute Gasteiger partial charge is 0.490 e. The Morgan fingerprint density at radius 2 is 1.94 bits per heavy atom. The first-order valence-corrected chi connectivity index (χ1v) is 9.07. The number of aryl methyl sites for hydroxylation is 1. The molecule has 32 heavy (non-hydrogen) atoms. The topological polar surface area (TPSA) is 131 Å². The van der Waals surface area contributed by atoms with Gasteiger partial charge in [0.2, 0.25) is 11.7 Å². The lowest BCUT2D eigenvalue weighted by molar-refractivity contribution is -0.192.